The van der Waals surface area contributed by atoms with Crippen LogP contribution in [0.2, 0.25) is 0 Å². The van der Waals surface area contributed by atoms with Crippen LogP contribution in [0.5, 0.6) is 5.75 Å². The van der Waals surface area contributed by atoms with Crippen molar-refractivity contribution < 1.29 is 13.5 Å². The van der Waals surface area contributed by atoms with Crippen LogP contribution in [0.4, 0.5) is 14.7 Å². The van der Waals surface area contributed by atoms with E-state index in [0.29, 0.717) is 34.8 Å². The molecule has 1 aromatic carbocycles. The second kappa shape index (κ2) is 5.45. The lowest BCUT2D eigenvalue weighted by atomic mass is 10.0. The molecule has 0 saturated heterocycles. The van der Waals surface area contributed by atoms with Gasteiger partial charge in [0.05, 0.1) is 11.1 Å². The van der Waals surface area contributed by atoms with Crippen molar-refractivity contribution in [3.05, 3.63) is 52.0 Å². The van der Waals surface area contributed by atoms with Gasteiger partial charge in [-0.3, -0.25) is 4.40 Å². The van der Waals surface area contributed by atoms with Crippen LogP contribution < -0.4 is 10.1 Å². The smallest absolute Gasteiger partial charge is 0.239 e. The van der Waals surface area contributed by atoms with Crippen LogP contribution in [0.3, 0.4) is 0 Å². The predicted octanol–water partition coefficient (Wildman–Crippen LogP) is 3.32. The lowest BCUT2D eigenvalue weighted by Gasteiger charge is -2.12. The van der Waals surface area contributed by atoms with Gasteiger partial charge in [0.2, 0.25) is 11.9 Å². The van der Waals surface area contributed by atoms with Crippen molar-refractivity contribution in [2.75, 3.05) is 11.9 Å². The first-order chi connectivity index (χ1) is 11.1. The van der Waals surface area contributed by atoms with E-state index in [1.807, 2.05) is 0 Å². The van der Waals surface area contributed by atoms with Gasteiger partial charge in [0.25, 0.3) is 0 Å². The first kappa shape index (κ1) is 14.4. The van der Waals surface area contributed by atoms with Gasteiger partial charge < -0.3 is 10.1 Å². The molecule has 2 aromatic heterocycles. The monoisotopic (exact) mass is 380 g/mol. The van der Waals surface area contributed by atoms with E-state index in [1.165, 1.54) is 23.0 Å². The average molecular weight is 381 g/mol. The number of hydrogen-bond donors (Lipinski definition) is 1. The van der Waals surface area contributed by atoms with E-state index >= 15 is 0 Å². The largest absolute Gasteiger partial charge is 0.493 e. The first-order valence-electron chi connectivity index (χ1n) is 6.99. The molecule has 0 unspecified atom stereocenters. The van der Waals surface area contributed by atoms with E-state index in [2.05, 4.69) is 31.2 Å². The fourth-order valence-corrected chi connectivity index (χ4v) is 3.20. The standard InChI is InChI=1S/C15H11BrF2N4O/c16-10-6-20-15(22-7-21-14(18)13(10)22)19-5-9-8-3-4-23-12(8)2-1-11(9)17/h1-2,6-7H,3-5H2,(H,19,20). The molecule has 118 valence electrons. The van der Waals surface area contributed by atoms with E-state index in [0.717, 1.165) is 5.56 Å². The maximum absolute atomic E-state index is 14.1. The Morgan fingerprint density at radius 1 is 1.30 bits per heavy atom. The summed E-state index contributed by atoms with van der Waals surface area (Å²) in [6.07, 6.45) is 3.49. The third-order valence-corrected chi connectivity index (χ3v) is 4.42. The molecule has 0 fully saturated rings. The number of benzene rings is 1. The Bertz CT molecular complexity index is 912. The number of halogens is 3. The number of nitrogens with one attached hydrogen (secondary N) is 1. The number of hydrogen-bond acceptors (Lipinski definition) is 4. The molecular formula is C15H11BrF2N4O. The SMILES string of the molecule is Fc1ccc2c(c1CNc1ncc(Br)c3c(F)ncn13)CCO2. The minimum absolute atomic E-state index is 0.224. The van der Waals surface area contributed by atoms with Crippen LogP contribution in [0.1, 0.15) is 11.1 Å². The molecule has 0 amide bonds. The Balaban J connectivity index is 1.69. The van der Waals surface area contributed by atoms with E-state index < -0.39 is 5.95 Å². The van der Waals surface area contributed by atoms with Gasteiger partial charge in [-0.2, -0.15) is 4.39 Å². The molecule has 1 N–H and O–H groups in total. The number of nitrogens with zero attached hydrogens (tertiary/aromatic N) is 3. The maximum atomic E-state index is 14.1. The summed E-state index contributed by atoms with van der Waals surface area (Å²) in [6.45, 7) is 0.779. The summed E-state index contributed by atoms with van der Waals surface area (Å²) in [5.41, 5.74) is 1.69. The Morgan fingerprint density at radius 2 is 2.17 bits per heavy atom. The highest BCUT2D eigenvalue weighted by molar-refractivity contribution is 9.10. The normalized spacial score (nSPS) is 13.2. The van der Waals surface area contributed by atoms with Crippen molar-refractivity contribution in [3.63, 3.8) is 0 Å². The molecule has 3 aromatic rings. The minimum Gasteiger partial charge on any atom is -0.493 e. The van der Waals surface area contributed by atoms with Crippen LogP contribution in [-0.4, -0.2) is 21.0 Å². The topological polar surface area (TPSA) is 51.5 Å². The van der Waals surface area contributed by atoms with Crippen molar-refractivity contribution in [1.82, 2.24) is 14.4 Å². The molecular weight excluding hydrogens is 370 g/mol. The van der Waals surface area contributed by atoms with Gasteiger partial charge in [-0.15, -0.1) is 0 Å². The second-order valence-corrected chi connectivity index (χ2v) is 5.99. The second-order valence-electron chi connectivity index (χ2n) is 5.14. The van der Waals surface area contributed by atoms with Gasteiger partial charge >= 0.3 is 0 Å². The van der Waals surface area contributed by atoms with Crippen molar-refractivity contribution in [1.29, 1.82) is 0 Å². The number of rotatable bonds is 3. The van der Waals surface area contributed by atoms with Crippen LogP contribution >= 0.6 is 15.9 Å². The van der Waals surface area contributed by atoms with Gasteiger partial charge in [-0.25, -0.2) is 14.4 Å². The Morgan fingerprint density at radius 3 is 3.04 bits per heavy atom. The molecule has 1 aliphatic rings. The molecule has 0 aliphatic carbocycles. The van der Waals surface area contributed by atoms with Crippen LogP contribution in [-0.2, 0) is 13.0 Å². The summed E-state index contributed by atoms with van der Waals surface area (Å²) in [5.74, 6) is 0.204. The van der Waals surface area contributed by atoms with Crippen molar-refractivity contribution in [3.8, 4) is 5.75 Å². The lowest BCUT2D eigenvalue weighted by Crippen LogP contribution is -2.09. The summed E-state index contributed by atoms with van der Waals surface area (Å²) < 4.78 is 35.3. The number of anilines is 1. The number of aromatic nitrogens is 3. The summed E-state index contributed by atoms with van der Waals surface area (Å²) in [7, 11) is 0. The maximum Gasteiger partial charge on any atom is 0.239 e. The lowest BCUT2D eigenvalue weighted by molar-refractivity contribution is 0.356. The minimum atomic E-state index is -0.595. The zero-order valence-electron chi connectivity index (χ0n) is 11.8. The van der Waals surface area contributed by atoms with Crippen LogP contribution in [0.15, 0.2) is 29.1 Å². The first-order valence-corrected chi connectivity index (χ1v) is 7.78. The highest BCUT2D eigenvalue weighted by Gasteiger charge is 2.20. The van der Waals surface area contributed by atoms with E-state index in [9.17, 15) is 8.78 Å². The molecule has 0 atom stereocenters. The number of imidazole rings is 1. The molecule has 0 saturated carbocycles. The zero-order valence-corrected chi connectivity index (χ0v) is 13.4. The highest BCUT2D eigenvalue weighted by Crippen LogP contribution is 2.31. The fourth-order valence-electron chi connectivity index (χ4n) is 2.75. The Kier molecular flexibility index (Phi) is 3.41. The van der Waals surface area contributed by atoms with Crippen LogP contribution in [0, 0.1) is 11.8 Å². The molecule has 0 radical (unpaired) electrons. The van der Waals surface area contributed by atoms with Gasteiger partial charge in [-0.05, 0) is 28.1 Å². The zero-order chi connectivity index (χ0) is 16.0. The van der Waals surface area contributed by atoms with E-state index in [-0.39, 0.29) is 17.9 Å². The third-order valence-electron chi connectivity index (χ3n) is 3.84. The fraction of sp³-hybridized carbons (Fsp3) is 0.200. The van der Waals surface area contributed by atoms with Gasteiger partial charge in [0, 0.05) is 30.3 Å². The highest BCUT2D eigenvalue weighted by atomic mass is 79.9. The van der Waals surface area contributed by atoms with Crippen molar-refractivity contribution >= 4 is 27.4 Å². The summed E-state index contributed by atoms with van der Waals surface area (Å²) in [5, 5.41) is 3.04. The molecule has 8 heteroatoms. The molecule has 23 heavy (non-hydrogen) atoms. The van der Waals surface area contributed by atoms with Crippen molar-refractivity contribution in [2.24, 2.45) is 0 Å². The number of fused-ring (bicyclic) bond motifs is 2. The summed E-state index contributed by atoms with van der Waals surface area (Å²) in [6, 6.07) is 3.03. The molecule has 4 rings (SSSR count). The third kappa shape index (κ3) is 2.33. The predicted molar refractivity (Wildman–Crippen MR) is 83.6 cm³/mol. The Labute approximate surface area is 138 Å². The van der Waals surface area contributed by atoms with Gasteiger partial charge in [0.15, 0.2) is 0 Å². The van der Waals surface area contributed by atoms with Crippen LogP contribution in [0.25, 0.3) is 5.52 Å². The Hall–Kier alpha value is -2.22. The molecule has 0 bridgehead atoms. The summed E-state index contributed by atoms with van der Waals surface area (Å²) >= 11 is 3.24. The molecule has 0 spiro atoms. The quantitative estimate of drug-likeness (QED) is 0.757. The van der Waals surface area contributed by atoms with Crippen molar-refractivity contribution in [2.45, 2.75) is 13.0 Å². The summed E-state index contributed by atoms with van der Waals surface area (Å²) in [4.78, 5) is 7.84. The van der Waals surface area contributed by atoms with E-state index in [4.69, 9.17) is 4.74 Å². The number of ether oxygens (including phenoxy) is 1. The van der Waals surface area contributed by atoms with E-state index in [1.54, 1.807) is 6.07 Å². The average Bonchev–Trinajstić information content (AvgIpc) is 3.15. The van der Waals surface area contributed by atoms with Gasteiger partial charge in [0.1, 0.15) is 23.4 Å². The molecule has 1 aliphatic heterocycles. The molecule has 5 nitrogen and oxygen atoms in total. The van der Waals surface area contributed by atoms with Gasteiger partial charge in [-0.1, -0.05) is 0 Å². The molecule has 3 heterocycles.